The van der Waals surface area contributed by atoms with Gasteiger partial charge in [0, 0.05) is 19.6 Å². The van der Waals surface area contributed by atoms with E-state index in [1.807, 2.05) is 0 Å². The zero-order valence-corrected chi connectivity index (χ0v) is 9.85. The van der Waals surface area contributed by atoms with Crippen molar-refractivity contribution in [2.45, 2.75) is 6.54 Å². The number of hydrogen-bond acceptors (Lipinski definition) is 3. The van der Waals surface area contributed by atoms with Gasteiger partial charge in [0.05, 0.1) is 6.26 Å². The Kier molecular flexibility index (Phi) is 4.85. The van der Waals surface area contributed by atoms with Crippen molar-refractivity contribution in [3.63, 3.8) is 0 Å². The molecule has 0 saturated carbocycles. The number of benzene rings is 1. The molecule has 0 atom stereocenters. The number of hydrogen-bond donors (Lipinski definition) is 2. The molecular formula is C10H15FN2O2S. The van der Waals surface area contributed by atoms with Crippen molar-refractivity contribution in [3.8, 4) is 0 Å². The normalized spacial score (nSPS) is 11.6. The first-order valence-electron chi connectivity index (χ1n) is 4.87. The molecule has 90 valence electrons. The van der Waals surface area contributed by atoms with Crippen LogP contribution in [0.2, 0.25) is 0 Å². The maximum atomic E-state index is 12.8. The number of nitrogens with one attached hydrogen (secondary N) is 2. The van der Waals surface area contributed by atoms with Crippen molar-refractivity contribution in [3.05, 3.63) is 35.6 Å². The Morgan fingerprint density at radius 3 is 2.69 bits per heavy atom. The van der Waals surface area contributed by atoms with Crippen LogP contribution < -0.4 is 10.0 Å². The molecule has 0 heterocycles. The van der Waals surface area contributed by atoms with Crippen molar-refractivity contribution in [2.24, 2.45) is 0 Å². The molecule has 0 bridgehead atoms. The van der Waals surface area contributed by atoms with E-state index >= 15 is 0 Å². The van der Waals surface area contributed by atoms with Gasteiger partial charge in [0.15, 0.2) is 0 Å². The summed E-state index contributed by atoms with van der Waals surface area (Å²) in [5.41, 5.74) is 0.833. The molecule has 0 aliphatic carbocycles. The molecule has 1 rings (SSSR count). The minimum Gasteiger partial charge on any atom is -0.311 e. The van der Waals surface area contributed by atoms with Crippen LogP contribution in [0.5, 0.6) is 0 Å². The lowest BCUT2D eigenvalue weighted by atomic mass is 10.2. The fourth-order valence-corrected chi connectivity index (χ4v) is 1.68. The van der Waals surface area contributed by atoms with Crippen LogP contribution in [-0.4, -0.2) is 27.8 Å². The van der Waals surface area contributed by atoms with Gasteiger partial charge in [-0.05, 0) is 17.7 Å². The predicted molar refractivity (Wildman–Crippen MR) is 61.0 cm³/mol. The average Bonchev–Trinajstić information content (AvgIpc) is 2.15. The van der Waals surface area contributed by atoms with Gasteiger partial charge in [-0.25, -0.2) is 17.5 Å². The first-order valence-corrected chi connectivity index (χ1v) is 6.76. The molecule has 4 nitrogen and oxygen atoms in total. The highest BCUT2D eigenvalue weighted by molar-refractivity contribution is 7.88. The first-order chi connectivity index (χ1) is 7.47. The second-order valence-corrected chi connectivity index (χ2v) is 5.31. The van der Waals surface area contributed by atoms with E-state index in [4.69, 9.17) is 0 Å². The lowest BCUT2D eigenvalue weighted by Gasteiger charge is -2.05. The molecule has 6 heteroatoms. The Balaban J connectivity index is 2.21. The third-order valence-electron chi connectivity index (χ3n) is 1.88. The highest BCUT2D eigenvalue weighted by Gasteiger charge is 1.98. The lowest BCUT2D eigenvalue weighted by molar-refractivity contribution is 0.581. The highest BCUT2D eigenvalue weighted by atomic mass is 32.2. The molecule has 0 aliphatic heterocycles. The summed E-state index contributed by atoms with van der Waals surface area (Å²) in [6.45, 7) is 1.35. The van der Waals surface area contributed by atoms with E-state index in [0.29, 0.717) is 19.6 Å². The lowest BCUT2D eigenvalue weighted by Crippen LogP contribution is -2.30. The molecule has 1 aromatic carbocycles. The predicted octanol–water partition coefficient (Wildman–Crippen LogP) is 0.465. The molecule has 0 unspecified atom stereocenters. The van der Waals surface area contributed by atoms with Crippen molar-refractivity contribution in [1.29, 1.82) is 0 Å². The minimum atomic E-state index is -3.13. The van der Waals surface area contributed by atoms with Crippen LogP contribution in [-0.2, 0) is 16.6 Å². The van der Waals surface area contributed by atoms with Gasteiger partial charge in [0.2, 0.25) is 10.0 Å². The van der Waals surface area contributed by atoms with Crippen LogP contribution >= 0.6 is 0 Å². The van der Waals surface area contributed by atoms with Gasteiger partial charge in [-0.15, -0.1) is 0 Å². The molecular weight excluding hydrogens is 231 g/mol. The fraction of sp³-hybridized carbons (Fsp3) is 0.400. The zero-order valence-electron chi connectivity index (χ0n) is 9.03. The fourth-order valence-electron chi connectivity index (χ4n) is 1.20. The van der Waals surface area contributed by atoms with Gasteiger partial charge in [0.25, 0.3) is 0 Å². The van der Waals surface area contributed by atoms with E-state index in [2.05, 4.69) is 10.0 Å². The molecule has 2 N–H and O–H groups in total. The van der Waals surface area contributed by atoms with Gasteiger partial charge in [-0.2, -0.15) is 0 Å². The summed E-state index contributed by atoms with van der Waals surface area (Å²) in [7, 11) is -3.13. The number of halogens is 1. The number of sulfonamides is 1. The quantitative estimate of drug-likeness (QED) is 0.717. The molecule has 0 radical (unpaired) electrons. The summed E-state index contributed by atoms with van der Waals surface area (Å²) in [5, 5.41) is 3.01. The molecule has 16 heavy (non-hydrogen) atoms. The van der Waals surface area contributed by atoms with Crippen molar-refractivity contribution in [1.82, 2.24) is 10.0 Å². The van der Waals surface area contributed by atoms with Crippen LogP contribution in [0.3, 0.4) is 0 Å². The molecule has 0 aromatic heterocycles. The Morgan fingerprint density at radius 2 is 2.06 bits per heavy atom. The summed E-state index contributed by atoms with van der Waals surface area (Å²) in [5.74, 6) is -0.270. The van der Waals surface area contributed by atoms with Crippen LogP contribution in [0.1, 0.15) is 5.56 Å². The van der Waals surface area contributed by atoms with Crippen molar-refractivity contribution < 1.29 is 12.8 Å². The van der Waals surface area contributed by atoms with E-state index in [9.17, 15) is 12.8 Å². The Hall–Kier alpha value is -0.980. The van der Waals surface area contributed by atoms with Gasteiger partial charge in [-0.1, -0.05) is 12.1 Å². The smallest absolute Gasteiger partial charge is 0.208 e. The highest BCUT2D eigenvalue weighted by Crippen LogP contribution is 2.02. The largest absolute Gasteiger partial charge is 0.311 e. The van der Waals surface area contributed by atoms with Crippen LogP contribution in [0.15, 0.2) is 24.3 Å². The van der Waals surface area contributed by atoms with Gasteiger partial charge >= 0.3 is 0 Å². The molecule has 0 spiro atoms. The van der Waals surface area contributed by atoms with Crippen LogP contribution in [0.4, 0.5) is 4.39 Å². The summed E-state index contributed by atoms with van der Waals surface area (Å²) in [6.07, 6.45) is 1.11. The van der Waals surface area contributed by atoms with E-state index in [0.717, 1.165) is 11.8 Å². The topological polar surface area (TPSA) is 58.2 Å². The van der Waals surface area contributed by atoms with Gasteiger partial charge in [-0.3, -0.25) is 0 Å². The first kappa shape index (κ1) is 13.1. The van der Waals surface area contributed by atoms with Crippen molar-refractivity contribution >= 4 is 10.0 Å². The Morgan fingerprint density at radius 1 is 1.31 bits per heavy atom. The van der Waals surface area contributed by atoms with Crippen LogP contribution in [0.25, 0.3) is 0 Å². The maximum absolute atomic E-state index is 12.8. The number of rotatable bonds is 6. The van der Waals surface area contributed by atoms with E-state index in [-0.39, 0.29) is 5.82 Å². The molecule has 0 aliphatic rings. The van der Waals surface area contributed by atoms with Gasteiger partial charge in [0.1, 0.15) is 5.82 Å². The SMILES string of the molecule is CS(=O)(=O)NCCNCc1cccc(F)c1. The third kappa shape index (κ3) is 5.79. The van der Waals surface area contributed by atoms with Crippen molar-refractivity contribution in [2.75, 3.05) is 19.3 Å². The van der Waals surface area contributed by atoms with E-state index in [1.54, 1.807) is 12.1 Å². The Bertz CT molecular complexity index is 434. The summed E-state index contributed by atoms with van der Waals surface area (Å²) < 4.78 is 36.6. The van der Waals surface area contributed by atoms with E-state index < -0.39 is 10.0 Å². The van der Waals surface area contributed by atoms with Gasteiger partial charge < -0.3 is 5.32 Å². The van der Waals surface area contributed by atoms with E-state index in [1.165, 1.54) is 12.1 Å². The summed E-state index contributed by atoms with van der Waals surface area (Å²) in [4.78, 5) is 0. The molecule has 1 aromatic rings. The average molecular weight is 246 g/mol. The minimum absolute atomic E-state index is 0.270. The monoisotopic (exact) mass is 246 g/mol. The third-order valence-corrected chi connectivity index (χ3v) is 2.61. The van der Waals surface area contributed by atoms with Crippen LogP contribution in [0, 0.1) is 5.82 Å². The molecule has 0 saturated heterocycles. The summed E-state index contributed by atoms with van der Waals surface area (Å²) >= 11 is 0. The maximum Gasteiger partial charge on any atom is 0.208 e. The Labute approximate surface area is 94.9 Å². The second-order valence-electron chi connectivity index (χ2n) is 3.47. The standard InChI is InChI=1S/C10H15FN2O2S/c1-16(14,15)13-6-5-12-8-9-3-2-4-10(11)7-9/h2-4,7,12-13H,5-6,8H2,1H3. The molecule has 0 fully saturated rings. The molecule has 0 amide bonds. The second kappa shape index (κ2) is 5.93. The summed E-state index contributed by atoms with van der Waals surface area (Å²) in [6, 6.07) is 6.27. The zero-order chi connectivity index (χ0) is 12.0.